The normalized spacial score (nSPS) is 14.9. The summed E-state index contributed by atoms with van der Waals surface area (Å²) in [6, 6.07) is 10.0. The van der Waals surface area contributed by atoms with E-state index in [1.165, 1.54) is 31.1 Å². The van der Waals surface area contributed by atoms with E-state index in [0.29, 0.717) is 37.3 Å². The van der Waals surface area contributed by atoms with Crippen LogP contribution in [0.25, 0.3) is 0 Å². The summed E-state index contributed by atoms with van der Waals surface area (Å²) >= 11 is 0. The lowest BCUT2D eigenvalue weighted by atomic mass is 10.1. The number of urea groups is 1. The van der Waals surface area contributed by atoms with Gasteiger partial charge in [0.15, 0.2) is 0 Å². The van der Waals surface area contributed by atoms with Crippen molar-refractivity contribution >= 4 is 17.7 Å². The summed E-state index contributed by atoms with van der Waals surface area (Å²) in [6.45, 7) is 3.82. The van der Waals surface area contributed by atoms with Crippen molar-refractivity contribution in [1.29, 1.82) is 0 Å². The van der Waals surface area contributed by atoms with Crippen LogP contribution in [0.4, 0.5) is 23.7 Å². The number of aryl methyl sites for hydroxylation is 1. The Morgan fingerprint density at radius 2 is 1.66 bits per heavy atom. The molecule has 9 heteroatoms. The smallest absolute Gasteiger partial charge is 0.416 e. The number of anilines is 1. The Labute approximate surface area is 185 Å². The number of hydrogen-bond acceptors (Lipinski definition) is 4. The van der Waals surface area contributed by atoms with Gasteiger partial charge in [-0.1, -0.05) is 18.2 Å². The van der Waals surface area contributed by atoms with E-state index in [-0.39, 0.29) is 23.8 Å². The fourth-order valence-electron chi connectivity index (χ4n) is 3.57. The van der Waals surface area contributed by atoms with Crippen molar-refractivity contribution in [2.75, 3.05) is 45.2 Å². The molecule has 0 radical (unpaired) electrons. The van der Waals surface area contributed by atoms with Crippen molar-refractivity contribution in [3.63, 3.8) is 0 Å². The SMILES string of the molecule is COC(=O)c1ccc(CN(C(=O)N2CCN(C)CC2)c2ccc(C)c(C(F)(F)F)c2)cc1. The van der Waals surface area contributed by atoms with E-state index >= 15 is 0 Å². The lowest BCUT2D eigenvalue weighted by Crippen LogP contribution is -2.52. The maximum absolute atomic E-state index is 13.5. The molecule has 172 valence electrons. The second-order valence-electron chi connectivity index (χ2n) is 7.84. The van der Waals surface area contributed by atoms with Gasteiger partial charge < -0.3 is 14.5 Å². The first-order chi connectivity index (χ1) is 15.1. The Hall–Kier alpha value is -3.07. The highest BCUT2D eigenvalue weighted by molar-refractivity contribution is 5.92. The molecule has 2 aromatic carbocycles. The van der Waals surface area contributed by atoms with Gasteiger partial charge in [0.1, 0.15) is 0 Å². The summed E-state index contributed by atoms with van der Waals surface area (Å²) in [4.78, 5) is 30.1. The molecule has 0 saturated carbocycles. The largest absolute Gasteiger partial charge is 0.465 e. The molecular formula is C23H26F3N3O3. The van der Waals surface area contributed by atoms with Crippen molar-refractivity contribution < 1.29 is 27.5 Å². The topological polar surface area (TPSA) is 53.1 Å². The molecule has 2 aromatic rings. The average Bonchev–Trinajstić information content (AvgIpc) is 2.77. The minimum absolute atomic E-state index is 0.0625. The Morgan fingerprint density at radius 3 is 2.22 bits per heavy atom. The van der Waals surface area contributed by atoms with Crippen LogP contribution in [0.15, 0.2) is 42.5 Å². The van der Waals surface area contributed by atoms with Gasteiger partial charge in [-0.2, -0.15) is 13.2 Å². The molecule has 1 saturated heterocycles. The highest BCUT2D eigenvalue weighted by atomic mass is 19.4. The molecule has 6 nitrogen and oxygen atoms in total. The summed E-state index contributed by atoms with van der Waals surface area (Å²) < 4.78 is 45.2. The molecular weight excluding hydrogens is 423 g/mol. The van der Waals surface area contributed by atoms with Gasteiger partial charge in [0.2, 0.25) is 0 Å². The van der Waals surface area contributed by atoms with Gasteiger partial charge in [0.05, 0.1) is 24.8 Å². The van der Waals surface area contributed by atoms with Crippen LogP contribution < -0.4 is 4.90 Å². The highest BCUT2D eigenvalue weighted by Gasteiger charge is 2.34. The molecule has 3 rings (SSSR count). The van der Waals surface area contributed by atoms with Gasteiger partial charge in [-0.15, -0.1) is 0 Å². The van der Waals surface area contributed by atoms with Gasteiger partial charge in [-0.05, 0) is 49.4 Å². The van der Waals surface area contributed by atoms with E-state index in [2.05, 4.69) is 9.64 Å². The number of ether oxygens (including phenoxy) is 1. The van der Waals surface area contributed by atoms with Crippen molar-refractivity contribution in [3.8, 4) is 0 Å². The number of alkyl halides is 3. The van der Waals surface area contributed by atoms with Gasteiger partial charge in [-0.3, -0.25) is 4.90 Å². The Bertz CT molecular complexity index is 969. The number of esters is 1. The van der Waals surface area contributed by atoms with Gasteiger partial charge in [-0.25, -0.2) is 9.59 Å². The minimum Gasteiger partial charge on any atom is -0.465 e. The first kappa shape index (κ1) is 23.6. The number of benzene rings is 2. The van der Waals surface area contributed by atoms with Gasteiger partial charge in [0.25, 0.3) is 0 Å². The first-order valence-corrected chi connectivity index (χ1v) is 10.2. The highest BCUT2D eigenvalue weighted by Crippen LogP contribution is 2.35. The van der Waals surface area contributed by atoms with Crippen LogP contribution in [-0.2, 0) is 17.5 Å². The van der Waals surface area contributed by atoms with E-state index < -0.39 is 17.7 Å². The van der Waals surface area contributed by atoms with Crippen molar-refractivity contribution in [3.05, 3.63) is 64.7 Å². The monoisotopic (exact) mass is 449 g/mol. The van der Waals surface area contributed by atoms with Crippen LogP contribution in [0.1, 0.15) is 27.0 Å². The summed E-state index contributed by atoms with van der Waals surface area (Å²) in [7, 11) is 3.24. The second kappa shape index (κ2) is 9.60. The number of carbonyl (C=O) groups excluding carboxylic acids is 2. The third-order valence-electron chi connectivity index (χ3n) is 5.56. The Kier molecular flexibility index (Phi) is 7.08. The predicted octanol–water partition coefficient (Wildman–Crippen LogP) is 4.17. The Balaban J connectivity index is 1.95. The van der Waals surface area contributed by atoms with Crippen LogP contribution in [0, 0.1) is 6.92 Å². The summed E-state index contributed by atoms with van der Waals surface area (Å²) in [5.74, 6) is -0.490. The fraction of sp³-hybridized carbons (Fsp3) is 0.391. The molecule has 0 unspecified atom stereocenters. The molecule has 0 bridgehead atoms. The zero-order valence-corrected chi connectivity index (χ0v) is 18.3. The third kappa shape index (κ3) is 5.40. The van der Waals surface area contributed by atoms with E-state index in [4.69, 9.17) is 0 Å². The molecule has 1 fully saturated rings. The molecule has 1 aliphatic heterocycles. The zero-order valence-electron chi connectivity index (χ0n) is 18.3. The zero-order chi connectivity index (χ0) is 23.5. The quantitative estimate of drug-likeness (QED) is 0.658. The summed E-state index contributed by atoms with van der Waals surface area (Å²) in [5.41, 5.74) is 0.518. The van der Waals surface area contributed by atoms with Crippen LogP contribution in [0.3, 0.4) is 0 Å². The van der Waals surface area contributed by atoms with E-state index in [0.717, 1.165) is 6.07 Å². The molecule has 0 aliphatic carbocycles. The van der Waals surface area contributed by atoms with Crippen LogP contribution in [0.2, 0.25) is 0 Å². The number of rotatable bonds is 4. The van der Waals surface area contributed by atoms with E-state index in [9.17, 15) is 22.8 Å². The fourth-order valence-corrected chi connectivity index (χ4v) is 3.57. The molecule has 1 heterocycles. The number of methoxy groups -OCH3 is 1. The second-order valence-corrected chi connectivity index (χ2v) is 7.84. The number of hydrogen-bond donors (Lipinski definition) is 0. The number of carbonyl (C=O) groups is 2. The number of nitrogens with zero attached hydrogens (tertiary/aromatic N) is 3. The number of piperazine rings is 1. The summed E-state index contributed by atoms with van der Waals surface area (Å²) in [5, 5.41) is 0. The number of likely N-dealkylation sites (N-methyl/N-ethyl adjacent to an activating group) is 1. The molecule has 0 aromatic heterocycles. The van der Waals surface area contributed by atoms with Crippen molar-refractivity contribution in [2.45, 2.75) is 19.6 Å². The van der Waals surface area contributed by atoms with Crippen LogP contribution in [0.5, 0.6) is 0 Å². The van der Waals surface area contributed by atoms with Crippen LogP contribution in [-0.4, -0.2) is 62.1 Å². The van der Waals surface area contributed by atoms with Gasteiger partial charge in [0, 0.05) is 31.9 Å². The number of halogens is 3. The van der Waals surface area contributed by atoms with E-state index in [1.807, 2.05) is 7.05 Å². The summed E-state index contributed by atoms with van der Waals surface area (Å²) in [6.07, 6.45) is -4.52. The molecule has 2 amide bonds. The standard InChI is InChI=1S/C23H26F3N3O3/c1-16-4-9-19(14-20(16)23(24,25)26)29(22(31)28-12-10-27(2)11-13-28)15-17-5-7-18(8-6-17)21(30)32-3/h4-9,14H,10-13,15H2,1-3H3. The first-order valence-electron chi connectivity index (χ1n) is 10.2. The van der Waals surface area contributed by atoms with E-state index in [1.54, 1.807) is 29.2 Å². The lowest BCUT2D eigenvalue weighted by Gasteiger charge is -2.36. The third-order valence-corrected chi connectivity index (χ3v) is 5.56. The molecule has 0 spiro atoms. The average molecular weight is 449 g/mol. The predicted molar refractivity (Wildman–Crippen MR) is 115 cm³/mol. The lowest BCUT2D eigenvalue weighted by molar-refractivity contribution is -0.138. The molecule has 0 N–H and O–H groups in total. The van der Waals surface area contributed by atoms with Crippen molar-refractivity contribution in [1.82, 2.24) is 9.80 Å². The number of amides is 2. The van der Waals surface area contributed by atoms with Crippen LogP contribution >= 0.6 is 0 Å². The van der Waals surface area contributed by atoms with Crippen molar-refractivity contribution in [2.24, 2.45) is 0 Å². The Morgan fingerprint density at radius 1 is 1.03 bits per heavy atom. The minimum atomic E-state index is -4.52. The van der Waals surface area contributed by atoms with Gasteiger partial charge >= 0.3 is 18.2 Å². The molecule has 32 heavy (non-hydrogen) atoms. The molecule has 1 aliphatic rings. The maximum atomic E-state index is 13.5. The molecule has 0 atom stereocenters. The maximum Gasteiger partial charge on any atom is 0.416 e.